The van der Waals surface area contributed by atoms with Gasteiger partial charge in [0.25, 0.3) is 0 Å². The average Bonchev–Trinajstić information content (AvgIpc) is 2.82. The van der Waals surface area contributed by atoms with Crippen molar-refractivity contribution in [3.63, 3.8) is 0 Å². The van der Waals surface area contributed by atoms with E-state index >= 15 is 0 Å². The fraction of sp³-hybridized carbons (Fsp3) is 0.154. The van der Waals surface area contributed by atoms with Crippen LogP contribution in [-0.4, -0.2) is 27.1 Å². The molecule has 1 heterocycles. The molecule has 2 N–H and O–H groups in total. The largest absolute Gasteiger partial charge is 0.478 e. The van der Waals surface area contributed by atoms with Gasteiger partial charge in [-0.15, -0.1) is 0 Å². The molecule has 0 aliphatic carbocycles. The number of benzene rings is 1. The molecule has 5 nitrogen and oxygen atoms in total. The number of carbonyl (C=O) groups excluding carboxylic acids is 1. The number of carboxylic acids is 1. The van der Waals surface area contributed by atoms with Gasteiger partial charge in [-0.05, 0) is 18.2 Å². The fourth-order valence-corrected chi connectivity index (χ4v) is 1.97. The molecule has 0 aliphatic heterocycles. The summed E-state index contributed by atoms with van der Waals surface area (Å²) in [6.07, 6.45) is -4.92. The molecule has 0 bridgehead atoms. The number of rotatable bonds is 3. The summed E-state index contributed by atoms with van der Waals surface area (Å²) in [6.45, 7) is 0.972. The van der Waals surface area contributed by atoms with E-state index in [2.05, 4.69) is 5.10 Å². The Morgan fingerprint density at radius 3 is 2.41 bits per heavy atom. The monoisotopic (exact) mass is 316 g/mol. The molecular weight excluding hydrogens is 308 g/mol. The second kappa shape index (κ2) is 5.24. The summed E-state index contributed by atoms with van der Waals surface area (Å²) >= 11 is 0. The molecule has 2 rings (SSSR count). The van der Waals surface area contributed by atoms with Crippen LogP contribution in [0.1, 0.15) is 33.5 Å². The third kappa shape index (κ3) is 2.69. The first kappa shape index (κ1) is 15.7. The van der Waals surface area contributed by atoms with E-state index in [4.69, 9.17) is 5.11 Å². The van der Waals surface area contributed by atoms with Gasteiger partial charge in [-0.1, -0.05) is 0 Å². The van der Waals surface area contributed by atoms with Gasteiger partial charge in [0.05, 0.1) is 5.56 Å². The molecule has 22 heavy (non-hydrogen) atoms. The number of aromatic nitrogens is 2. The molecule has 116 valence electrons. The molecule has 0 atom stereocenters. The maximum atomic E-state index is 13.4. The van der Waals surface area contributed by atoms with E-state index in [0.29, 0.717) is 6.07 Å². The third-order valence-electron chi connectivity index (χ3n) is 2.86. The summed E-state index contributed by atoms with van der Waals surface area (Å²) in [5, 5.41) is 14.0. The number of nitrogens with zero attached hydrogens (tertiary/aromatic N) is 1. The molecule has 9 heteroatoms. The van der Waals surface area contributed by atoms with Gasteiger partial charge < -0.3 is 5.11 Å². The lowest BCUT2D eigenvalue weighted by Crippen LogP contribution is -2.10. The second-order valence-corrected chi connectivity index (χ2v) is 4.37. The highest BCUT2D eigenvalue weighted by Crippen LogP contribution is 2.39. The minimum atomic E-state index is -4.92. The van der Waals surface area contributed by atoms with Gasteiger partial charge in [-0.25, -0.2) is 9.18 Å². The maximum Gasteiger partial charge on any atom is 0.433 e. The molecule has 1 aromatic heterocycles. The summed E-state index contributed by atoms with van der Waals surface area (Å²) in [7, 11) is 0. The summed E-state index contributed by atoms with van der Waals surface area (Å²) in [4.78, 5) is 22.6. The molecule has 1 aromatic carbocycles. The van der Waals surface area contributed by atoms with Crippen molar-refractivity contribution in [1.29, 1.82) is 0 Å². The first-order valence-electron chi connectivity index (χ1n) is 5.82. The number of nitrogens with one attached hydrogen (secondary N) is 1. The Balaban J connectivity index is 2.87. The van der Waals surface area contributed by atoms with Gasteiger partial charge in [0.15, 0.2) is 5.78 Å². The molecule has 0 unspecified atom stereocenters. The van der Waals surface area contributed by atoms with Gasteiger partial charge in [0.1, 0.15) is 17.2 Å². The number of aromatic carboxylic acids is 1. The molecule has 2 aromatic rings. The zero-order valence-corrected chi connectivity index (χ0v) is 11.0. The van der Waals surface area contributed by atoms with Crippen LogP contribution in [0, 0.1) is 5.82 Å². The van der Waals surface area contributed by atoms with E-state index in [9.17, 15) is 27.2 Å². The van der Waals surface area contributed by atoms with Gasteiger partial charge in [0.2, 0.25) is 0 Å². The molecule has 0 fully saturated rings. The molecule has 0 spiro atoms. The van der Waals surface area contributed by atoms with Crippen molar-refractivity contribution in [2.24, 2.45) is 0 Å². The van der Waals surface area contributed by atoms with Crippen LogP contribution in [0.15, 0.2) is 18.2 Å². The highest BCUT2D eigenvalue weighted by molar-refractivity contribution is 6.04. The highest BCUT2D eigenvalue weighted by atomic mass is 19.4. The summed E-state index contributed by atoms with van der Waals surface area (Å²) in [5.41, 5.74) is -3.95. The lowest BCUT2D eigenvalue weighted by molar-refractivity contribution is -0.140. The standard InChI is InChI=1S/C13H8F4N2O3/c1-5(20)10-9(11(19-18-10)13(15,16)17)8-4-6(14)2-3-7(8)12(21)22/h2-4H,1H3,(H,18,19)(H,21,22). The van der Waals surface area contributed by atoms with Crippen LogP contribution in [0.3, 0.4) is 0 Å². The molecule has 0 aliphatic rings. The first-order valence-corrected chi connectivity index (χ1v) is 5.82. The summed E-state index contributed by atoms with van der Waals surface area (Å²) < 4.78 is 52.4. The number of carbonyl (C=O) groups is 2. The van der Waals surface area contributed by atoms with Crippen molar-refractivity contribution in [3.05, 3.63) is 41.0 Å². The van der Waals surface area contributed by atoms with Gasteiger partial charge in [0, 0.05) is 18.1 Å². The molecule has 0 saturated carbocycles. The third-order valence-corrected chi connectivity index (χ3v) is 2.86. The molecule has 0 saturated heterocycles. The Labute approximate surface area is 120 Å². The molecule has 0 amide bonds. The van der Waals surface area contributed by atoms with Crippen LogP contribution < -0.4 is 0 Å². The number of H-pyrrole nitrogens is 1. The van der Waals surface area contributed by atoms with E-state index in [1.165, 1.54) is 0 Å². The fourth-order valence-electron chi connectivity index (χ4n) is 1.97. The maximum absolute atomic E-state index is 13.4. The van der Waals surface area contributed by atoms with Crippen LogP contribution in [0.2, 0.25) is 0 Å². The number of hydrogen-bond donors (Lipinski definition) is 2. The molecular formula is C13H8F4N2O3. The Hall–Kier alpha value is -2.71. The van der Waals surface area contributed by atoms with Crippen LogP contribution in [0.25, 0.3) is 11.1 Å². The van der Waals surface area contributed by atoms with Crippen molar-refractivity contribution >= 4 is 11.8 Å². The highest BCUT2D eigenvalue weighted by Gasteiger charge is 2.39. The first-order chi connectivity index (χ1) is 10.1. The SMILES string of the molecule is CC(=O)c1n[nH]c(C(F)(F)F)c1-c1cc(F)ccc1C(=O)O. The lowest BCUT2D eigenvalue weighted by Gasteiger charge is -2.11. The van der Waals surface area contributed by atoms with Crippen molar-refractivity contribution in [2.45, 2.75) is 13.1 Å². The van der Waals surface area contributed by atoms with Crippen molar-refractivity contribution < 1.29 is 32.3 Å². The van der Waals surface area contributed by atoms with Gasteiger partial charge in [-0.3, -0.25) is 9.89 Å². The van der Waals surface area contributed by atoms with Crippen molar-refractivity contribution in [2.75, 3.05) is 0 Å². The second-order valence-electron chi connectivity index (χ2n) is 4.37. The predicted octanol–water partition coefficient (Wildman–Crippen LogP) is 3.14. The number of halogens is 4. The minimum absolute atomic E-state index is 0.571. The quantitative estimate of drug-likeness (QED) is 0.673. The van der Waals surface area contributed by atoms with Crippen LogP contribution in [0.5, 0.6) is 0 Å². The van der Waals surface area contributed by atoms with E-state index in [1.54, 1.807) is 5.10 Å². The number of alkyl halides is 3. The average molecular weight is 316 g/mol. The van der Waals surface area contributed by atoms with Gasteiger partial charge in [-0.2, -0.15) is 18.3 Å². The normalized spacial score (nSPS) is 11.5. The summed E-state index contributed by atoms with van der Waals surface area (Å²) in [6, 6.07) is 2.24. The lowest BCUT2D eigenvalue weighted by atomic mass is 9.96. The van der Waals surface area contributed by atoms with Crippen molar-refractivity contribution in [3.8, 4) is 11.1 Å². The van der Waals surface area contributed by atoms with Crippen LogP contribution >= 0.6 is 0 Å². The van der Waals surface area contributed by atoms with Gasteiger partial charge >= 0.3 is 12.1 Å². The number of carboxylic acid groups (broad SMARTS) is 1. The topological polar surface area (TPSA) is 83.0 Å². The summed E-state index contributed by atoms with van der Waals surface area (Å²) in [5.74, 6) is -3.31. The number of ketones is 1. The number of aromatic amines is 1. The Morgan fingerprint density at radius 2 is 1.91 bits per heavy atom. The Kier molecular flexibility index (Phi) is 3.74. The van der Waals surface area contributed by atoms with E-state index < -0.39 is 51.8 Å². The Bertz CT molecular complexity index is 765. The Morgan fingerprint density at radius 1 is 1.27 bits per heavy atom. The number of hydrogen-bond acceptors (Lipinski definition) is 3. The minimum Gasteiger partial charge on any atom is -0.478 e. The van der Waals surface area contributed by atoms with Crippen molar-refractivity contribution in [1.82, 2.24) is 10.2 Å². The smallest absolute Gasteiger partial charge is 0.433 e. The zero-order chi connectivity index (χ0) is 16.7. The molecule has 0 radical (unpaired) electrons. The van der Waals surface area contributed by atoms with E-state index in [1.807, 2.05) is 0 Å². The predicted molar refractivity (Wildman–Crippen MR) is 65.9 cm³/mol. The van der Waals surface area contributed by atoms with Crippen LogP contribution in [0.4, 0.5) is 17.6 Å². The van der Waals surface area contributed by atoms with E-state index in [-0.39, 0.29) is 0 Å². The number of Topliss-reactive ketones (excluding diaryl/α,β-unsaturated/α-hetero) is 1. The van der Waals surface area contributed by atoms with Crippen LogP contribution in [-0.2, 0) is 6.18 Å². The zero-order valence-electron chi connectivity index (χ0n) is 11.0. The van der Waals surface area contributed by atoms with E-state index in [0.717, 1.165) is 19.1 Å².